The molecule has 0 unspecified atom stereocenters. The van der Waals surface area contributed by atoms with Crippen molar-refractivity contribution < 1.29 is 14.6 Å². The van der Waals surface area contributed by atoms with Gasteiger partial charge >= 0.3 is 0 Å². The van der Waals surface area contributed by atoms with Gasteiger partial charge in [-0.1, -0.05) is 11.8 Å². The Morgan fingerprint density at radius 2 is 1.96 bits per heavy atom. The van der Waals surface area contributed by atoms with Gasteiger partial charge in [-0.3, -0.25) is 4.90 Å². The first-order valence-electron chi connectivity index (χ1n) is 8.32. The number of aliphatic hydroxyl groups excluding tert-OH is 1. The molecule has 1 saturated heterocycles. The Morgan fingerprint density at radius 1 is 1.24 bits per heavy atom. The molecule has 2 aromatic rings. The van der Waals surface area contributed by atoms with Gasteiger partial charge < -0.3 is 19.1 Å². The third kappa shape index (κ3) is 4.72. The minimum Gasteiger partial charge on any atom is -0.497 e. The summed E-state index contributed by atoms with van der Waals surface area (Å²) in [4.78, 5) is 2.23. The Kier molecular flexibility index (Phi) is 6.30. The molecule has 8 heteroatoms. The van der Waals surface area contributed by atoms with Crippen LogP contribution in [0.3, 0.4) is 0 Å². The van der Waals surface area contributed by atoms with Crippen LogP contribution >= 0.6 is 11.8 Å². The van der Waals surface area contributed by atoms with Gasteiger partial charge in [0.25, 0.3) is 0 Å². The molecule has 2 heterocycles. The molecule has 0 bridgehead atoms. The third-order valence-corrected chi connectivity index (χ3v) is 5.33. The van der Waals surface area contributed by atoms with E-state index in [1.54, 1.807) is 7.11 Å². The maximum Gasteiger partial charge on any atom is 0.191 e. The lowest BCUT2D eigenvalue weighted by Crippen LogP contribution is -2.41. The van der Waals surface area contributed by atoms with Crippen LogP contribution < -0.4 is 4.74 Å². The van der Waals surface area contributed by atoms with Crippen LogP contribution in [0.15, 0.2) is 29.4 Å². The second kappa shape index (κ2) is 8.66. The number of thioether (sulfide) groups is 1. The molecule has 1 aromatic carbocycles. The van der Waals surface area contributed by atoms with Crippen LogP contribution in [0.2, 0.25) is 0 Å². The molecular formula is C17H24N4O3S. The number of aliphatic hydroxyl groups is 1. The van der Waals surface area contributed by atoms with Gasteiger partial charge in [0, 0.05) is 38.0 Å². The second-order valence-corrected chi connectivity index (χ2v) is 6.96. The molecule has 7 nitrogen and oxygen atoms in total. The van der Waals surface area contributed by atoms with Gasteiger partial charge in [-0.05, 0) is 24.3 Å². The normalized spacial score (nSPS) is 16.8. The zero-order valence-corrected chi connectivity index (χ0v) is 15.4. The molecule has 1 fully saturated rings. The largest absolute Gasteiger partial charge is 0.497 e. The number of hydrogen-bond donors (Lipinski definition) is 1. The van der Waals surface area contributed by atoms with Crippen molar-refractivity contribution in [3.63, 3.8) is 0 Å². The molecule has 0 aliphatic carbocycles. The first-order chi connectivity index (χ1) is 12.2. The highest BCUT2D eigenvalue weighted by atomic mass is 32.2. The van der Waals surface area contributed by atoms with Crippen molar-refractivity contribution in [3.8, 4) is 17.1 Å². The molecule has 1 aliphatic heterocycles. The molecule has 0 saturated carbocycles. The van der Waals surface area contributed by atoms with Gasteiger partial charge in [0.1, 0.15) is 5.75 Å². The summed E-state index contributed by atoms with van der Waals surface area (Å²) in [7, 11) is 3.59. The minimum absolute atomic E-state index is 0.399. The average Bonchev–Trinajstić information content (AvgIpc) is 3.01. The summed E-state index contributed by atoms with van der Waals surface area (Å²) in [5.41, 5.74) is 0.983. The monoisotopic (exact) mass is 364 g/mol. The summed E-state index contributed by atoms with van der Waals surface area (Å²) in [6.07, 6.45) is -0.399. The van der Waals surface area contributed by atoms with Crippen LogP contribution in [0.4, 0.5) is 0 Å². The van der Waals surface area contributed by atoms with Crippen molar-refractivity contribution in [2.24, 2.45) is 7.05 Å². The van der Waals surface area contributed by atoms with E-state index < -0.39 is 6.10 Å². The second-order valence-electron chi connectivity index (χ2n) is 5.97. The lowest BCUT2D eigenvalue weighted by molar-refractivity contribution is 0.0188. The number of methoxy groups -OCH3 is 1. The molecule has 25 heavy (non-hydrogen) atoms. The van der Waals surface area contributed by atoms with Gasteiger partial charge in [-0.25, -0.2) is 0 Å². The van der Waals surface area contributed by atoms with Gasteiger partial charge in [-0.15, -0.1) is 10.2 Å². The topological polar surface area (TPSA) is 72.6 Å². The zero-order chi connectivity index (χ0) is 17.6. The Labute approximate surface area is 151 Å². The Bertz CT molecular complexity index is 671. The van der Waals surface area contributed by atoms with Crippen LogP contribution in [0.1, 0.15) is 0 Å². The lowest BCUT2D eigenvalue weighted by Gasteiger charge is -2.28. The predicted molar refractivity (Wildman–Crippen MR) is 97.0 cm³/mol. The summed E-state index contributed by atoms with van der Waals surface area (Å²) < 4.78 is 12.5. The van der Waals surface area contributed by atoms with Crippen molar-refractivity contribution in [1.82, 2.24) is 19.7 Å². The summed E-state index contributed by atoms with van der Waals surface area (Å²) in [6.45, 7) is 3.92. The third-order valence-electron chi connectivity index (χ3n) is 4.16. The smallest absolute Gasteiger partial charge is 0.191 e. The zero-order valence-electron chi connectivity index (χ0n) is 14.6. The van der Waals surface area contributed by atoms with Crippen LogP contribution in [-0.4, -0.2) is 76.6 Å². The van der Waals surface area contributed by atoms with E-state index in [9.17, 15) is 5.11 Å². The fourth-order valence-electron chi connectivity index (χ4n) is 2.74. The summed E-state index contributed by atoms with van der Waals surface area (Å²) in [5, 5.41) is 19.6. The van der Waals surface area contributed by atoms with Crippen molar-refractivity contribution in [2.75, 3.05) is 45.7 Å². The van der Waals surface area contributed by atoms with Crippen molar-refractivity contribution >= 4 is 11.8 Å². The molecule has 1 aromatic heterocycles. The van der Waals surface area contributed by atoms with Crippen LogP contribution in [0.5, 0.6) is 5.75 Å². The van der Waals surface area contributed by atoms with Crippen LogP contribution in [0, 0.1) is 0 Å². The highest BCUT2D eigenvalue weighted by molar-refractivity contribution is 7.99. The van der Waals surface area contributed by atoms with E-state index in [4.69, 9.17) is 9.47 Å². The van der Waals surface area contributed by atoms with Gasteiger partial charge in [0.05, 0.1) is 26.4 Å². The van der Waals surface area contributed by atoms with E-state index >= 15 is 0 Å². The number of benzene rings is 1. The van der Waals surface area contributed by atoms with Crippen molar-refractivity contribution in [1.29, 1.82) is 0 Å². The minimum atomic E-state index is -0.399. The fraction of sp³-hybridized carbons (Fsp3) is 0.529. The van der Waals surface area contributed by atoms with E-state index in [0.717, 1.165) is 48.6 Å². The van der Waals surface area contributed by atoms with Crippen molar-refractivity contribution in [3.05, 3.63) is 24.3 Å². The molecule has 1 atom stereocenters. The SMILES string of the molecule is COc1ccc(-c2nnc(SC[C@@H](O)CN3CCOCC3)n2C)cc1. The van der Waals surface area contributed by atoms with Crippen LogP contribution in [0.25, 0.3) is 11.4 Å². The standard InChI is InChI=1S/C17H24N4O3S/c1-20-16(13-3-5-15(23-2)6-4-13)18-19-17(20)25-12-14(22)11-21-7-9-24-10-8-21/h3-6,14,22H,7-12H2,1-2H3/t14-/m0/s1. The first-order valence-corrected chi connectivity index (χ1v) is 9.30. The van der Waals surface area contributed by atoms with E-state index in [-0.39, 0.29) is 0 Å². The maximum atomic E-state index is 10.3. The molecule has 0 amide bonds. The Hall–Kier alpha value is -1.61. The number of ether oxygens (including phenoxy) is 2. The van der Waals surface area contributed by atoms with E-state index in [2.05, 4.69) is 15.1 Å². The highest BCUT2D eigenvalue weighted by Crippen LogP contribution is 2.24. The average molecular weight is 364 g/mol. The van der Waals surface area contributed by atoms with Gasteiger partial charge in [0.2, 0.25) is 0 Å². The van der Waals surface area contributed by atoms with Gasteiger partial charge in [-0.2, -0.15) is 0 Å². The lowest BCUT2D eigenvalue weighted by atomic mass is 10.2. The number of aromatic nitrogens is 3. The van der Waals surface area contributed by atoms with Crippen LogP contribution in [-0.2, 0) is 11.8 Å². The number of morpholine rings is 1. The number of rotatable bonds is 7. The molecule has 0 radical (unpaired) electrons. The first kappa shape index (κ1) is 18.2. The number of β-amino-alcohol motifs (C(OH)–C–C–N with tert-alkyl or cyclic N) is 1. The molecule has 3 rings (SSSR count). The molecule has 136 valence electrons. The van der Waals surface area contributed by atoms with E-state index in [1.165, 1.54) is 11.8 Å². The molecule has 1 N–H and O–H groups in total. The summed E-state index contributed by atoms with van der Waals surface area (Å²) in [6, 6.07) is 7.74. The molecule has 0 spiro atoms. The number of nitrogens with zero attached hydrogens (tertiary/aromatic N) is 4. The maximum absolute atomic E-state index is 10.3. The summed E-state index contributed by atoms with van der Waals surface area (Å²) in [5.74, 6) is 2.20. The van der Waals surface area contributed by atoms with E-state index in [0.29, 0.717) is 12.3 Å². The predicted octanol–water partition coefficient (Wildman–Crippen LogP) is 1.28. The highest BCUT2D eigenvalue weighted by Gasteiger charge is 2.17. The fourth-order valence-corrected chi connectivity index (χ4v) is 3.56. The number of hydrogen-bond acceptors (Lipinski definition) is 7. The van der Waals surface area contributed by atoms with Crippen molar-refractivity contribution in [2.45, 2.75) is 11.3 Å². The molecular weight excluding hydrogens is 340 g/mol. The van der Waals surface area contributed by atoms with E-state index in [1.807, 2.05) is 35.9 Å². The van der Waals surface area contributed by atoms with Gasteiger partial charge in [0.15, 0.2) is 11.0 Å². The molecule has 1 aliphatic rings. The quantitative estimate of drug-likeness (QED) is 0.742. The Morgan fingerprint density at radius 3 is 2.64 bits per heavy atom. The Balaban J connectivity index is 1.57. The summed E-state index contributed by atoms with van der Waals surface area (Å²) >= 11 is 1.52.